The lowest BCUT2D eigenvalue weighted by Crippen LogP contribution is -2.49. The van der Waals surface area contributed by atoms with Crippen LogP contribution in [0, 0.1) is 0 Å². The lowest BCUT2D eigenvalue weighted by atomic mass is 10.1. The first-order chi connectivity index (χ1) is 17.6. The van der Waals surface area contributed by atoms with Gasteiger partial charge >= 0.3 is 12.1 Å². The van der Waals surface area contributed by atoms with E-state index in [1.807, 2.05) is 29.2 Å². The molecule has 1 amide bonds. The van der Waals surface area contributed by atoms with Crippen molar-refractivity contribution in [3.63, 3.8) is 0 Å². The zero-order valence-electron chi connectivity index (χ0n) is 19.8. The largest absolute Gasteiger partial charge is 0.471 e. The molecule has 3 aromatic rings. The molecule has 2 aliphatic rings. The summed E-state index contributed by atoms with van der Waals surface area (Å²) in [5.41, 5.74) is 2.08. The summed E-state index contributed by atoms with van der Waals surface area (Å²) in [6.45, 7) is 2.73. The maximum atomic E-state index is 13.3. The highest BCUT2D eigenvalue weighted by molar-refractivity contribution is 7.89. The van der Waals surface area contributed by atoms with Crippen LogP contribution in [0.1, 0.15) is 12.5 Å². The topological polar surface area (TPSA) is 99.6 Å². The van der Waals surface area contributed by atoms with E-state index in [0.717, 1.165) is 5.56 Å². The molecular formula is C24H23F3N6O3S. The highest BCUT2D eigenvalue weighted by atomic mass is 32.2. The van der Waals surface area contributed by atoms with Crippen molar-refractivity contribution in [2.24, 2.45) is 0 Å². The number of pyridine rings is 1. The molecule has 1 unspecified atom stereocenters. The lowest BCUT2D eigenvalue weighted by Gasteiger charge is -2.34. The second-order valence-electron chi connectivity index (χ2n) is 8.92. The van der Waals surface area contributed by atoms with Gasteiger partial charge < -0.3 is 9.80 Å². The number of alkyl halides is 3. The molecule has 2 aromatic heterocycles. The third kappa shape index (κ3) is 4.76. The molecule has 0 spiro atoms. The minimum absolute atomic E-state index is 0.00490. The maximum Gasteiger partial charge on any atom is 0.471 e. The minimum Gasteiger partial charge on any atom is -0.352 e. The molecule has 194 valence electrons. The molecule has 1 saturated heterocycles. The number of sulfonamides is 1. The van der Waals surface area contributed by atoms with Crippen LogP contribution in [0.15, 0.2) is 59.8 Å². The van der Waals surface area contributed by atoms with Gasteiger partial charge in [0, 0.05) is 55.9 Å². The van der Waals surface area contributed by atoms with Crippen molar-refractivity contribution in [1.29, 1.82) is 0 Å². The van der Waals surface area contributed by atoms with E-state index < -0.39 is 28.1 Å². The zero-order chi connectivity index (χ0) is 26.4. The van der Waals surface area contributed by atoms with E-state index in [2.05, 4.69) is 15.2 Å². The Morgan fingerprint density at radius 2 is 1.68 bits per heavy atom. The van der Waals surface area contributed by atoms with Crippen LogP contribution in [0.4, 0.5) is 24.7 Å². The Balaban J connectivity index is 1.28. The van der Waals surface area contributed by atoms with Gasteiger partial charge in [0.2, 0.25) is 10.0 Å². The van der Waals surface area contributed by atoms with Crippen molar-refractivity contribution in [2.75, 3.05) is 36.0 Å². The number of carbonyl (C=O) groups is 1. The summed E-state index contributed by atoms with van der Waals surface area (Å²) in [4.78, 5) is 18.5. The minimum atomic E-state index is -5.01. The van der Waals surface area contributed by atoms with Gasteiger partial charge in [0.05, 0.1) is 10.6 Å². The maximum absolute atomic E-state index is 13.3. The highest BCUT2D eigenvalue weighted by Gasteiger charge is 2.47. The molecule has 1 aromatic carbocycles. The average Bonchev–Trinajstić information content (AvgIpc) is 3.23. The van der Waals surface area contributed by atoms with Crippen molar-refractivity contribution in [3.8, 4) is 11.3 Å². The molecule has 0 radical (unpaired) electrons. The predicted molar refractivity (Wildman–Crippen MR) is 129 cm³/mol. The third-order valence-electron chi connectivity index (χ3n) is 6.55. The standard InChI is InChI=1S/C24H23F3N6O3S/c1-16-14-18-15-19(2-4-21(18)33(16)23(34)24(25,26)27)37(35,36)32-12-10-31(11-13-32)22-5-3-20(29-30-22)17-6-8-28-9-7-17/h2-9,15-16H,10-14H2,1H3. The van der Waals surface area contributed by atoms with E-state index in [9.17, 15) is 26.4 Å². The number of benzene rings is 1. The van der Waals surface area contributed by atoms with E-state index in [1.54, 1.807) is 12.4 Å². The van der Waals surface area contributed by atoms with Crippen LogP contribution in [-0.4, -0.2) is 72.2 Å². The third-order valence-corrected chi connectivity index (χ3v) is 8.45. The summed E-state index contributed by atoms with van der Waals surface area (Å²) < 4.78 is 67.0. The van der Waals surface area contributed by atoms with Crippen molar-refractivity contribution < 1.29 is 26.4 Å². The molecule has 13 heteroatoms. The number of fused-ring (bicyclic) bond motifs is 1. The van der Waals surface area contributed by atoms with Crippen LogP contribution in [-0.2, 0) is 21.2 Å². The number of aromatic nitrogens is 3. The fourth-order valence-corrected chi connectivity index (χ4v) is 6.16. The highest BCUT2D eigenvalue weighted by Crippen LogP contribution is 2.37. The second-order valence-corrected chi connectivity index (χ2v) is 10.9. The number of hydrogen-bond donors (Lipinski definition) is 0. The van der Waals surface area contributed by atoms with Crippen molar-refractivity contribution >= 4 is 27.4 Å². The molecular weight excluding hydrogens is 509 g/mol. The first-order valence-corrected chi connectivity index (χ1v) is 13.0. The number of amides is 1. The zero-order valence-corrected chi connectivity index (χ0v) is 20.6. The van der Waals surface area contributed by atoms with Gasteiger partial charge in [-0.1, -0.05) is 0 Å². The van der Waals surface area contributed by atoms with Gasteiger partial charge in [-0.2, -0.15) is 17.5 Å². The molecule has 4 heterocycles. The van der Waals surface area contributed by atoms with Gasteiger partial charge in [0.1, 0.15) is 0 Å². The van der Waals surface area contributed by atoms with Crippen molar-refractivity contribution in [2.45, 2.75) is 30.5 Å². The molecule has 2 aliphatic heterocycles. The van der Waals surface area contributed by atoms with Crippen molar-refractivity contribution in [3.05, 3.63) is 60.4 Å². The first kappa shape index (κ1) is 25.1. The van der Waals surface area contributed by atoms with E-state index in [0.29, 0.717) is 35.1 Å². The van der Waals surface area contributed by atoms with Crippen molar-refractivity contribution in [1.82, 2.24) is 19.5 Å². The molecule has 0 bridgehead atoms. The summed E-state index contributed by atoms with van der Waals surface area (Å²) >= 11 is 0. The fraction of sp³-hybridized carbons (Fsp3) is 0.333. The Bertz CT molecular complexity index is 1410. The first-order valence-electron chi connectivity index (χ1n) is 11.6. The molecule has 37 heavy (non-hydrogen) atoms. The van der Waals surface area contributed by atoms with Crippen LogP contribution < -0.4 is 9.80 Å². The number of anilines is 2. The molecule has 0 saturated carbocycles. The van der Waals surface area contributed by atoms with Gasteiger partial charge in [-0.3, -0.25) is 9.78 Å². The SMILES string of the molecule is CC1Cc2cc(S(=O)(=O)N3CCN(c4ccc(-c5ccncc5)nn4)CC3)ccc2N1C(=O)C(F)(F)F. The van der Waals surface area contributed by atoms with E-state index in [-0.39, 0.29) is 30.1 Å². The molecule has 0 N–H and O–H groups in total. The van der Waals surface area contributed by atoms with Gasteiger partial charge in [0.25, 0.3) is 0 Å². The summed E-state index contributed by atoms with van der Waals surface area (Å²) in [6, 6.07) is 10.5. The van der Waals surface area contributed by atoms with Gasteiger partial charge in [0.15, 0.2) is 5.82 Å². The number of halogens is 3. The molecule has 9 nitrogen and oxygen atoms in total. The summed E-state index contributed by atoms with van der Waals surface area (Å²) in [5.74, 6) is -1.32. The monoisotopic (exact) mass is 532 g/mol. The lowest BCUT2D eigenvalue weighted by molar-refractivity contribution is -0.170. The number of carbonyl (C=O) groups excluding carboxylic acids is 1. The Kier molecular flexibility index (Phi) is 6.36. The normalized spacial score (nSPS) is 18.6. The molecule has 0 aliphatic carbocycles. The predicted octanol–water partition coefficient (Wildman–Crippen LogP) is 2.89. The summed E-state index contributed by atoms with van der Waals surface area (Å²) in [6.07, 6.45) is -1.53. The quantitative estimate of drug-likeness (QED) is 0.510. The molecule has 1 fully saturated rings. The summed E-state index contributed by atoms with van der Waals surface area (Å²) in [5, 5.41) is 8.55. The number of nitrogens with zero attached hydrogens (tertiary/aromatic N) is 6. The number of piperazine rings is 1. The Hall–Kier alpha value is -3.58. The molecule has 5 rings (SSSR count). The van der Waals surface area contributed by atoms with E-state index in [1.165, 1.54) is 29.4 Å². The Morgan fingerprint density at radius 3 is 2.30 bits per heavy atom. The summed E-state index contributed by atoms with van der Waals surface area (Å²) in [7, 11) is -3.88. The van der Waals surface area contributed by atoms with Crippen LogP contribution in [0.3, 0.4) is 0 Å². The van der Waals surface area contributed by atoms with Crippen LogP contribution in [0.2, 0.25) is 0 Å². The van der Waals surface area contributed by atoms with Gasteiger partial charge in [-0.15, -0.1) is 10.2 Å². The van der Waals surface area contributed by atoms with E-state index in [4.69, 9.17) is 0 Å². The Morgan fingerprint density at radius 1 is 0.973 bits per heavy atom. The smallest absolute Gasteiger partial charge is 0.352 e. The second kappa shape index (κ2) is 9.38. The van der Waals surface area contributed by atoms with Gasteiger partial charge in [-0.05, 0) is 61.4 Å². The van der Waals surface area contributed by atoms with Crippen LogP contribution >= 0.6 is 0 Å². The average molecular weight is 533 g/mol. The van der Waals surface area contributed by atoms with Crippen LogP contribution in [0.5, 0.6) is 0 Å². The van der Waals surface area contributed by atoms with Gasteiger partial charge in [-0.25, -0.2) is 8.42 Å². The van der Waals surface area contributed by atoms with Crippen LogP contribution in [0.25, 0.3) is 11.3 Å². The Labute approximate surface area is 211 Å². The number of rotatable bonds is 4. The van der Waals surface area contributed by atoms with E-state index >= 15 is 0 Å². The number of hydrogen-bond acceptors (Lipinski definition) is 7. The molecule has 1 atom stereocenters. The fourth-order valence-electron chi connectivity index (χ4n) is 4.69.